The van der Waals surface area contributed by atoms with Crippen LogP contribution in [0.5, 0.6) is 0 Å². The number of aliphatic hydroxyl groups is 1. The maximum Gasteiger partial charge on any atom is 0.305 e. The molecule has 0 saturated carbocycles. The van der Waals surface area contributed by atoms with Crippen LogP contribution in [0.3, 0.4) is 0 Å². The third kappa shape index (κ3) is 28.1. The van der Waals surface area contributed by atoms with Gasteiger partial charge in [0.25, 0.3) is 0 Å². The van der Waals surface area contributed by atoms with Gasteiger partial charge in [-0.1, -0.05) is 87.8 Å². The highest BCUT2D eigenvalue weighted by atomic mass is 33.1. The molecule has 4 heterocycles. The second-order valence-corrected chi connectivity index (χ2v) is 29.1. The van der Waals surface area contributed by atoms with Crippen LogP contribution in [0.2, 0.25) is 0 Å². The number of hydrogen-bond acceptors (Lipinski definition) is 22. The van der Waals surface area contributed by atoms with Gasteiger partial charge in [0.15, 0.2) is 5.96 Å². The van der Waals surface area contributed by atoms with Crippen molar-refractivity contribution in [1.82, 2.24) is 88.7 Å². The van der Waals surface area contributed by atoms with Crippen molar-refractivity contribution in [3.8, 4) is 0 Å². The maximum atomic E-state index is 14.9. The Balaban J connectivity index is 1.66. The van der Waals surface area contributed by atoms with Crippen LogP contribution < -0.4 is 92.5 Å². The summed E-state index contributed by atoms with van der Waals surface area (Å²) in [4.78, 5) is 232. The third-order valence-corrected chi connectivity index (χ3v) is 19.7. The number of nitrogens with two attached hydrogens (primary N) is 5. The van der Waals surface area contributed by atoms with Crippen LogP contribution in [-0.4, -0.2) is 233 Å². The van der Waals surface area contributed by atoms with Gasteiger partial charge in [0.05, 0.1) is 37.8 Å². The van der Waals surface area contributed by atoms with Crippen molar-refractivity contribution < 1.29 is 82.1 Å². The summed E-state index contributed by atoms with van der Waals surface area (Å²) < 4.78 is 0. The molecule has 1 aliphatic heterocycles. The van der Waals surface area contributed by atoms with Crippen molar-refractivity contribution in [3.05, 3.63) is 72.5 Å². The number of aliphatic hydroxyl groups excluding tert-OH is 1. The number of carbonyl (C=O) groups excluding carboxylic acids is 14. The Bertz CT molecular complexity index is 3820. The van der Waals surface area contributed by atoms with Crippen molar-refractivity contribution in [2.75, 3.05) is 24.6 Å². The van der Waals surface area contributed by atoms with Gasteiger partial charge in [-0.3, -0.25) is 76.9 Å². The van der Waals surface area contributed by atoms with Crippen molar-refractivity contribution >= 4 is 127 Å². The molecule has 0 spiro atoms. The number of para-hydroxylation sites is 1. The number of aliphatic carboxylic acids is 1. The molecule has 5 unspecified atom stereocenters. The number of aromatic amines is 3. The fraction of sp³-hybridized carbons (Fsp3) is 0.545. The van der Waals surface area contributed by atoms with Crippen LogP contribution in [0.4, 0.5) is 0 Å². The number of imidazole rings is 2. The first-order valence-electron chi connectivity index (χ1n) is 34.7. The number of nitrogens with one attached hydrogen (secondary N) is 15. The highest BCUT2D eigenvalue weighted by Gasteiger charge is 2.39. The molecule has 3 aromatic heterocycles. The Morgan fingerprint density at radius 3 is 1.69 bits per heavy atom. The number of rotatable bonds is 25. The van der Waals surface area contributed by atoms with Gasteiger partial charge >= 0.3 is 5.97 Å². The highest BCUT2D eigenvalue weighted by Crippen LogP contribution is 2.25. The van der Waals surface area contributed by atoms with E-state index in [4.69, 9.17) is 28.7 Å². The van der Waals surface area contributed by atoms with E-state index in [0.29, 0.717) is 22.9 Å². The van der Waals surface area contributed by atoms with Crippen molar-refractivity contribution in [1.29, 1.82) is 0 Å². The molecule has 592 valence electrons. The van der Waals surface area contributed by atoms with Gasteiger partial charge in [0.2, 0.25) is 82.7 Å². The van der Waals surface area contributed by atoms with Crippen molar-refractivity contribution in [3.63, 3.8) is 0 Å². The zero-order chi connectivity index (χ0) is 80.1. The minimum atomic E-state index is -2.04. The third-order valence-electron chi connectivity index (χ3n) is 17.3. The molecule has 0 radical (unpaired) electrons. The molecule has 1 saturated heterocycles. The monoisotopic (exact) mass is 1550 g/mol. The summed E-state index contributed by atoms with van der Waals surface area (Å²) in [6.45, 7) is 9.74. The van der Waals surface area contributed by atoms with Crippen LogP contribution >= 0.6 is 21.6 Å². The van der Waals surface area contributed by atoms with Crippen LogP contribution in [0.1, 0.15) is 104 Å². The summed E-state index contributed by atoms with van der Waals surface area (Å²) in [6.07, 6.45) is 2.04. The second-order valence-electron chi connectivity index (χ2n) is 26.5. The average Bonchev–Trinajstić information content (AvgIpc) is 1.65. The lowest BCUT2D eigenvalue weighted by Gasteiger charge is -2.30. The standard InChI is InChI=1S/C66H99N23O17S2/c1-8-32(6)50(68)63(104)86-46-27-108-107-26-45(62(103)89-53(33(7)90)54(69)95)85-56(97)39(14-11-17-74-66(70)71)80-59(100)43(20-36-24-73-29-78-36)83-58(99)42(19-35-23-72-28-77-35)79-48(92)25-76-55(96)41(18-34-22-75-38-13-10-9-12-37(34)38)82-60(101)44(21-49(93)94)84-57(98)40(15-16-47(67)91)81-64(105)51(30(2)3)88-65(106)52(31(4)5)87-61(46)102/h9-10,12-13,22-24,28-33,39-46,50-53,75,90H,8,11,14-21,25-27,68H2,1-7H3,(H2,67,91)(H2,69,95)(H,72,77)(H,73,78)(H,76,96)(H,79,92)(H,80,100)(H,81,105)(H,82,101)(H,83,99)(H,84,98)(H,85,97)(H,86,104)(H,87,102)(H,88,106)(H,89,103)(H,93,94)(H4,70,71,74)/t32-,33+,39-,40-,41?,42-,43?,44?,45-,46?,50-,51?,52-,53-/m0/s1. The molecule has 0 bridgehead atoms. The summed E-state index contributed by atoms with van der Waals surface area (Å²) in [7, 11) is 1.71. The van der Waals surface area contributed by atoms with E-state index in [0.717, 1.165) is 28.5 Å². The lowest BCUT2D eigenvalue weighted by molar-refractivity contribution is -0.141. The molecular weight excluding hydrogens is 1450 g/mol. The molecule has 42 heteroatoms. The first kappa shape index (κ1) is 87.8. The van der Waals surface area contributed by atoms with Gasteiger partial charge in [0, 0.05) is 84.6 Å². The minimum Gasteiger partial charge on any atom is -0.481 e. The first-order valence-corrected chi connectivity index (χ1v) is 37.2. The number of guanidine groups is 1. The number of nitrogens with zero attached hydrogens (tertiary/aromatic N) is 3. The zero-order valence-corrected chi connectivity index (χ0v) is 62.3. The van der Waals surface area contributed by atoms with E-state index >= 15 is 0 Å². The summed E-state index contributed by atoms with van der Waals surface area (Å²) in [5.41, 5.74) is 30.2. The molecule has 40 nitrogen and oxygen atoms in total. The number of amides is 14. The van der Waals surface area contributed by atoms with E-state index in [2.05, 4.69) is 93.7 Å². The first-order chi connectivity index (χ1) is 51.1. The summed E-state index contributed by atoms with van der Waals surface area (Å²) in [5.74, 6) is -19.4. The Kier molecular flexibility index (Phi) is 35.0. The van der Waals surface area contributed by atoms with Gasteiger partial charge in [-0.2, -0.15) is 0 Å². The van der Waals surface area contributed by atoms with E-state index in [1.54, 1.807) is 52.0 Å². The van der Waals surface area contributed by atoms with Crippen LogP contribution in [0.15, 0.2) is 60.5 Å². The summed E-state index contributed by atoms with van der Waals surface area (Å²) in [5, 5.41) is 51.4. The Labute approximate surface area is 628 Å². The Morgan fingerprint density at radius 2 is 1.14 bits per heavy atom. The molecule has 14 amide bonds. The Morgan fingerprint density at radius 1 is 0.620 bits per heavy atom. The summed E-state index contributed by atoms with van der Waals surface area (Å²) in [6, 6.07) is -12.7. The molecule has 1 aromatic carbocycles. The van der Waals surface area contributed by atoms with Gasteiger partial charge in [-0.15, -0.1) is 0 Å². The van der Waals surface area contributed by atoms with Crippen molar-refractivity contribution in [2.45, 2.75) is 185 Å². The molecule has 1 fully saturated rings. The fourth-order valence-corrected chi connectivity index (χ4v) is 13.2. The number of hydrogen-bond donors (Lipinski definition) is 22. The number of fused-ring (bicyclic) bond motifs is 1. The topological polar surface area (TPSA) is 656 Å². The number of carboxylic acid groups (broad SMARTS) is 1. The summed E-state index contributed by atoms with van der Waals surface area (Å²) >= 11 is 0. The average molecular weight is 1550 g/mol. The van der Waals surface area contributed by atoms with E-state index in [-0.39, 0.29) is 61.7 Å². The molecule has 5 rings (SSSR count). The number of carbonyl (C=O) groups is 15. The molecular formula is C66H99N23O17S2. The maximum absolute atomic E-state index is 14.9. The van der Waals surface area contributed by atoms with E-state index < -0.39 is 217 Å². The van der Waals surface area contributed by atoms with Crippen LogP contribution in [-0.2, 0) is 91.2 Å². The van der Waals surface area contributed by atoms with Gasteiger partial charge in [-0.25, -0.2) is 9.97 Å². The van der Waals surface area contributed by atoms with Gasteiger partial charge in [0.1, 0.15) is 66.5 Å². The normalized spacial score (nSPS) is 23.2. The second kappa shape index (κ2) is 43.1. The van der Waals surface area contributed by atoms with E-state index in [1.165, 1.54) is 45.1 Å². The quantitative estimate of drug-likeness (QED) is 0.0127. The predicted octanol–water partition coefficient (Wildman–Crippen LogP) is -6.17. The van der Waals surface area contributed by atoms with Gasteiger partial charge in [-0.05, 0) is 55.6 Å². The highest BCUT2D eigenvalue weighted by molar-refractivity contribution is 8.76. The lowest BCUT2D eigenvalue weighted by atomic mass is 9.98. The van der Waals surface area contributed by atoms with E-state index in [1.807, 2.05) is 0 Å². The zero-order valence-electron chi connectivity index (χ0n) is 60.7. The lowest BCUT2D eigenvalue weighted by Crippen LogP contribution is -2.62. The smallest absolute Gasteiger partial charge is 0.305 e. The number of primary amides is 2. The largest absolute Gasteiger partial charge is 0.481 e. The fourth-order valence-electron chi connectivity index (χ4n) is 10.9. The number of benzene rings is 1. The van der Waals surface area contributed by atoms with Gasteiger partial charge < -0.3 is 118 Å². The molecule has 108 heavy (non-hydrogen) atoms. The molecule has 4 aromatic rings. The Hall–Kier alpha value is -10.9. The SMILES string of the molecule is CC[C@H](C)[C@H](N)C(=O)NC1CSSC[C@@H](C(=O)N[C@H](C(N)=O)[C@@H](C)O)NC(=O)[C@H](CCCN=C(N)N)NC(=O)C(Cc2cnc[nH]2)NC(=O)[C@H](Cc2cnc[nH]2)NC(=O)CNC(=O)C(Cc2c[nH]c3ccccc23)NC(=O)C(CC(=O)O)NC(=O)[C@H](CCC(N)=O)NC(=O)C(C(C)C)NC(=O)[C@H](C(C)C)NC1=O. The molecule has 1 aliphatic rings. The predicted molar refractivity (Wildman–Crippen MR) is 394 cm³/mol. The molecule has 0 aliphatic carbocycles. The van der Waals surface area contributed by atoms with E-state index in [9.17, 15) is 82.1 Å². The van der Waals surface area contributed by atoms with Crippen molar-refractivity contribution in [2.24, 2.45) is 51.4 Å². The number of aromatic nitrogens is 5. The number of H-pyrrole nitrogens is 3. The van der Waals surface area contributed by atoms with Crippen LogP contribution in [0, 0.1) is 17.8 Å². The minimum absolute atomic E-state index is 0.0154. The molecule has 14 atom stereocenters. The number of carboxylic acids is 1. The van der Waals surface area contributed by atoms with Crippen LogP contribution in [0.25, 0.3) is 10.9 Å². The number of aliphatic imine (C=N–C) groups is 1. The molecule has 27 N–H and O–H groups in total.